The van der Waals surface area contributed by atoms with E-state index in [0.29, 0.717) is 17.0 Å². The van der Waals surface area contributed by atoms with Crippen molar-refractivity contribution in [2.75, 3.05) is 6.54 Å². The zero-order chi connectivity index (χ0) is 13.2. The fourth-order valence-electron chi connectivity index (χ4n) is 1.67. The summed E-state index contributed by atoms with van der Waals surface area (Å²) in [5, 5.41) is 6.72. The first-order chi connectivity index (χ1) is 7.84. The van der Waals surface area contributed by atoms with Gasteiger partial charge in [0.25, 0.3) is 5.91 Å². The zero-order valence-electron chi connectivity index (χ0n) is 10.6. The highest BCUT2D eigenvalue weighted by atomic mass is 16.2. The SMILES string of the molecule is Cc1n[nH]c(C)c1C(=O)N(CC(N)=O)C(C)C. The topological polar surface area (TPSA) is 92.1 Å². The first-order valence-electron chi connectivity index (χ1n) is 5.45. The lowest BCUT2D eigenvalue weighted by Crippen LogP contribution is -2.43. The van der Waals surface area contributed by atoms with Gasteiger partial charge >= 0.3 is 0 Å². The van der Waals surface area contributed by atoms with Crippen LogP contribution in [-0.4, -0.2) is 39.5 Å². The molecule has 0 unspecified atom stereocenters. The smallest absolute Gasteiger partial charge is 0.258 e. The molecule has 0 aliphatic heterocycles. The van der Waals surface area contributed by atoms with E-state index in [9.17, 15) is 9.59 Å². The van der Waals surface area contributed by atoms with Crippen molar-refractivity contribution in [2.24, 2.45) is 5.73 Å². The van der Waals surface area contributed by atoms with Crippen LogP contribution in [0.1, 0.15) is 35.6 Å². The third-order valence-electron chi connectivity index (χ3n) is 2.55. The first kappa shape index (κ1) is 13.2. The number of carbonyl (C=O) groups excluding carboxylic acids is 2. The van der Waals surface area contributed by atoms with E-state index < -0.39 is 5.91 Å². The Labute approximate surface area is 100 Å². The largest absolute Gasteiger partial charge is 0.368 e. The van der Waals surface area contributed by atoms with Crippen LogP contribution in [0.25, 0.3) is 0 Å². The highest BCUT2D eigenvalue weighted by molar-refractivity contribution is 5.98. The maximum atomic E-state index is 12.3. The molecule has 0 aliphatic rings. The summed E-state index contributed by atoms with van der Waals surface area (Å²) in [6.07, 6.45) is 0. The summed E-state index contributed by atoms with van der Waals surface area (Å²) in [6, 6.07) is -0.0938. The third-order valence-corrected chi connectivity index (χ3v) is 2.55. The number of H-pyrrole nitrogens is 1. The molecule has 0 spiro atoms. The molecule has 0 aromatic carbocycles. The summed E-state index contributed by atoms with van der Waals surface area (Å²) in [5.41, 5.74) is 6.98. The number of amides is 2. The van der Waals surface area contributed by atoms with Gasteiger partial charge in [0.05, 0.1) is 17.8 Å². The van der Waals surface area contributed by atoms with E-state index >= 15 is 0 Å². The number of rotatable bonds is 4. The molecule has 1 rings (SSSR count). The maximum absolute atomic E-state index is 12.3. The molecular formula is C11H18N4O2. The van der Waals surface area contributed by atoms with Crippen LogP contribution in [0.15, 0.2) is 0 Å². The molecule has 0 fully saturated rings. The molecule has 2 amide bonds. The quantitative estimate of drug-likeness (QED) is 0.793. The van der Waals surface area contributed by atoms with Crippen LogP contribution >= 0.6 is 0 Å². The normalized spacial score (nSPS) is 10.6. The first-order valence-corrected chi connectivity index (χ1v) is 5.45. The van der Waals surface area contributed by atoms with Crippen molar-refractivity contribution in [3.63, 3.8) is 0 Å². The monoisotopic (exact) mass is 238 g/mol. The van der Waals surface area contributed by atoms with Crippen molar-refractivity contribution < 1.29 is 9.59 Å². The van der Waals surface area contributed by atoms with Gasteiger partial charge in [-0.1, -0.05) is 0 Å². The molecule has 1 aromatic heterocycles. The summed E-state index contributed by atoms with van der Waals surface area (Å²) in [4.78, 5) is 24.7. The maximum Gasteiger partial charge on any atom is 0.258 e. The number of nitrogens with one attached hydrogen (secondary N) is 1. The molecule has 94 valence electrons. The standard InChI is InChI=1S/C11H18N4O2/c1-6(2)15(5-9(12)16)11(17)10-7(3)13-14-8(10)4/h6H,5H2,1-4H3,(H2,12,16)(H,13,14). The summed E-state index contributed by atoms with van der Waals surface area (Å²) in [6.45, 7) is 7.12. The van der Waals surface area contributed by atoms with Crippen LogP contribution in [0.5, 0.6) is 0 Å². The van der Waals surface area contributed by atoms with Crippen LogP contribution in [0.2, 0.25) is 0 Å². The lowest BCUT2D eigenvalue weighted by molar-refractivity contribution is -0.119. The molecule has 1 heterocycles. The van der Waals surface area contributed by atoms with Gasteiger partial charge in [-0.25, -0.2) is 0 Å². The van der Waals surface area contributed by atoms with Crippen LogP contribution in [-0.2, 0) is 4.79 Å². The Balaban J connectivity index is 3.04. The van der Waals surface area contributed by atoms with Crippen LogP contribution in [0, 0.1) is 13.8 Å². The molecule has 17 heavy (non-hydrogen) atoms. The minimum atomic E-state index is -0.522. The predicted molar refractivity (Wildman–Crippen MR) is 63.4 cm³/mol. The van der Waals surface area contributed by atoms with E-state index in [1.54, 1.807) is 13.8 Å². The Kier molecular flexibility index (Phi) is 3.88. The van der Waals surface area contributed by atoms with Crippen LogP contribution < -0.4 is 5.73 Å². The summed E-state index contributed by atoms with van der Waals surface area (Å²) in [5.74, 6) is -0.742. The van der Waals surface area contributed by atoms with E-state index in [1.165, 1.54) is 4.90 Å². The average Bonchev–Trinajstić information content (AvgIpc) is 2.53. The van der Waals surface area contributed by atoms with Gasteiger partial charge in [-0.05, 0) is 27.7 Å². The molecule has 0 atom stereocenters. The number of hydrogen-bond acceptors (Lipinski definition) is 3. The number of aryl methyl sites for hydroxylation is 2. The highest BCUT2D eigenvalue weighted by Gasteiger charge is 2.24. The van der Waals surface area contributed by atoms with Crippen molar-refractivity contribution in [1.82, 2.24) is 15.1 Å². The number of nitrogens with two attached hydrogens (primary N) is 1. The number of nitrogens with zero attached hydrogens (tertiary/aromatic N) is 2. The molecule has 0 saturated heterocycles. The summed E-state index contributed by atoms with van der Waals surface area (Å²) < 4.78 is 0. The Morgan fingerprint density at radius 2 is 2.00 bits per heavy atom. The van der Waals surface area contributed by atoms with Gasteiger partial charge in [0.15, 0.2) is 0 Å². The van der Waals surface area contributed by atoms with E-state index in [1.807, 2.05) is 13.8 Å². The fourth-order valence-corrected chi connectivity index (χ4v) is 1.67. The van der Waals surface area contributed by atoms with Gasteiger partial charge in [-0.2, -0.15) is 5.10 Å². The molecule has 0 bridgehead atoms. The molecule has 0 radical (unpaired) electrons. The number of carbonyl (C=O) groups is 2. The molecular weight excluding hydrogens is 220 g/mol. The minimum Gasteiger partial charge on any atom is -0.368 e. The van der Waals surface area contributed by atoms with Gasteiger partial charge in [0.2, 0.25) is 5.91 Å². The van der Waals surface area contributed by atoms with Crippen molar-refractivity contribution in [1.29, 1.82) is 0 Å². The second kappa shape index (κ2) is 4.99. The van der Waals surface area contributed by atoms with Gasteiger partial charge in [0.1, 0.15) is 0 Å². The van der Waals surface area contributed by atoms with Gasteiger partial charge in [0, 0.05) is 11.7 Å². The fraction of sp³-hybridized carbons (Fsp3) is 0.545. The lowest BCUT2D eigenvalue weighted by Gasteiger charge is -2.25. The van der Waals surface area contributed by atoms with Crippen molar-refractivity contribution in [2.45, 2.75) is 33.7 Å². The average molecular weight is 238 g/mol. The second-order valence-electron chi connectivity index (χ2n) is 4.30. The second-order valence-corrected chi connectivity index (χ2v) is 4.30. The zero-order valence-corrected chi connectivity index (χ0v) is 10.6. The molecule has 0 aliphatic carbocycles. The third kappa shape index (κ3) is 2.83. The minimum absolute atomic E-state index is 0.0828. The number of hydrogen-bond donors (Lipinski definition) is 2. The Morgan fingerprint density at radius 1 is 1.41 bits per heavy atom. The van der Waals surface area contributed by atoms with E-state index in [-0.39, 0.29) is 18.5 Å². The Morgan fingerprint density at radius 3 is 2.35 bits per heavy atom. The number of aromatic amines is 1. The van der Waals surface area contributed by atoms with Gasteiger partial charge in [-0.3, -0.25) is 14.7 Å². The van der Waals surface area contributed by atoms with Crippen molar-refractivity contribution in [3.8, 4) is 0 Å². The van der Waals surface area contributed by atoms with Crippen LogP contribution in [0.3, 0.4) is 0 Å². The molecule has 6 heteroatoms. The predicted octanol–water partition coefficient (Wildman–Crippen LogP) is 0.362. The van der Waals surface area contributed by atoms with Gasteiger partial charge in [-0.15, -0.1) is 0 Å². The number of primary amides is 1. The Bertz CT molecular complexity index is 417. The molecule has 6 nitrogen and oxygen atoms in total. The van der Waals surface area contributed by atoms with E-state index in [4.69, 9.17) is 5.73 Å². The molecule has 1 aromatic rings. The van der Waals surface area contributed by atoms with E-state index in [0.717, 1.165) is 0 Å². The molecule has 0 saturated carbocycles. The van der Waals surface area contributed by atoms with E-state index in [2.05, 4.69) is 10.2 Å². The highest BCUT2D eigenvalue weighted by Crippen LogP contribution is 2.14. The van der Waals surface area contributed by atoms with Crippen LogP contribution in [0.4, 0.5) is 0 Å². The summed E-state index contributed by atoms with van der Waals surface area (Å²) >= 11 is 0. The van der Waals surface area contributed by atoms with Gasteiger partial charge < -0.3 is 10.6 Å². The van der Waals surface area contributed by atoms with Crippen molar-refractivity contribution in [3.05, 3.63) is 17.0 Å². The lowest BCUT2D eigenvalue weighted by atomic mass is 10.1. The Hall–Kier alpha value is -1.85. The number of aromatic nitrogens is 2. The summed E-state index contributed by atoms with van der Waals surface area (Å²) in [7, 11) is 0. The molecule has 3 N–H and O–H groups in total. The van der Waals surface area contributed by atoms with Crippen molar-refractivity contribution >= 4 is 11.8 Å².